The lowest BCUT2D eigenvalue weighted by Gasteiger charge is -2.10. The van der Waals surface area contributed by atoms with Crippen LogP contribution in [-0.2, 0) is 6.42 Å². The molecule has 0 saturated carbocycles. The SMILES string of the molecule is CCCc1cc(C(=O)NCCCN(C)C)cc(Cl)n1. The summed E-state index contributed by atoms with van der Waals surface area (Å²) in [6.07, 6.45) is 2.75. The second-order valence-electron chi connectivity index (χ2n) is 4.83. The van der Waals surface area contributed by atoms with Crippen LogP contribution >= 0.6 is 11.6 Å². The van der Waals surface area contributed by atoms with Crippen molar-refractivity contribution in [2.24, 2.45) is 0 Å². The van der Waals surface area contributed by atoms with E-state index in [1.54, 1.807) is 6.07 Å². The first-order chi connectivity index (χ1) is 9.02. The van der Waals surface area contributed by atoms with Crippen LogP contribution in [0.2, 0.25) is 5.15 Å². The second-order valence-corrected chi connectivity index (χ2v) is 5.22. The van der Waals surface area contributed by atoms with E-state index in [0.29, 0.717) is 17.3 Å². The predicted octanol–water partition coefficient (Wildman–Crippen LogP) is 2.37. The quantitative estimate of drug-likeness (QED) is 0.617. The maximum atomic E-state index is 12.0. The van der Waals surface area contributed by atoms with E-state index in [0.717, 1.165) is 31.5 Å². The number of nitrogens with one attached hydrogen (secondary N) is 1. The monoisotopic (exact) mass is 283 g/mol. The minimum absolute atomic E-state index is 0.0830. The standard InChI is InChI=1S/C14H22ClN3O/c1-4-6-12-9-11(10-13(15)17-12)14(19)16-7-5-8-18(2)3/h9-10H,4-8H2,1-3H3,(H,16,19). The van der Waals surface area contributed by atoms with Crippen LogP contribution in [0.15, 0.2) is 12.1 Å². The van der Waals surface area contributed by atoms with Gasteiger partial charge in [0.2, 0.25) is 0 Å². The highest BCUT2D eigenvalue weighted by Crippen LogP contribution is 2.12. The third kappa shape index (κ3) is 6.03. The third-order valence-corrected chi connectivity index (χ3v) is 2.88. The van der Waals surface area contributed by atoms with Crippen molar-refractivity contribution in [2.75, 3.05) is 27.2 Å². The minimum Gasteiger partial charge on any atom is -0.352 e. The fourth-order valence-corrected chi connectivity index (χ4v) is 1.99. The second kappa shape index (κ2) is 8.12. The Morgan fingerprint density at radius 2 is 2.16 bits per heavy atom. The van der Waals surface area contributed by atoms with Crippen LogP contribution in [0.3, 0.4) is 0 Å². The van der Waals surface area contributed by atoms with Crippen molar-refractivity contribution in [3.63, 3.8) is 0 Å². The van der Waals surface area contributed by atoms with Crippen molar-refractivity contribution in [3.8, 4) is 0 Å². The van der Waals surface area contributed by atoms with Gasteiger partial charge in [-0.1, -0.05) is 24.9 Å². The lowest BCUT2D eigenvalue weighted by molar-refractivity contribution is 0.0952. The van der Waals surface area contributed by atoms with Gasteiger partial charge >= 0.3 is 0 Å². The van der Waals surface area contributed by atoms with Gasteiger partial charge in [0, 0.05) is 17.8 Å². The van der Waals surface area contributed by atoms with Gasteiger partial charge in [-0.15, -0.1) is 0 Å². The molecular weight excluding hydrogens is 262 g/mol. The molecule has 0 bridgehead atoms. The van der Waals surface area contributed by atoms with Crippen molar-refractivity contribution in [3.05, 3.63) is 28.5 Å². The molecule has 0 aliphatic rings. The Hall–Kier alpha value is -1.13. The van der Waals surface area contributed by atoms with Gasteiger partial charge in [-0.3, -0.25) is 4.79 Å². The van der Waals surface area contributed by atoms with Gasteiger partial charge in [0.1, 0.15) is 5.15 Å². The summed E-state index contributed by atoms with van der Waals surface area (Å²) >= 11 is 5.93. The Bertz CT molecular complexity index is 421. The molecule has 0 aliphatic heterocycles. The van der Waals surface area contributed by atoms with Crippen LogP contribution in [0.5, 0.6) is 0 Å². The number of rotatable bonds is 7. The topological polar surface area (TPSA) is 45.2 Å². The molecule has 0 aliphatic carbocycles. The summed E-state index contributed by atoms with van der Waals surface area (Å²) in [6.45, 7) is 3.70. The van der Waals surface area contributed by atoms with Gasteiger partial charge in [0.05, 0.1) is 0 Å². The molecule has 1 heterocycles. The number of hydrogen-bond acceptors (Lipinski definition) is 3. The van der Waals surface area contributed by atoms with Crippen LogP contribution in [0.25, 0.3) is 0 Å². The number of carbonyl (C=O) groups is 1. The molecule has 4 nitrogen and oxygen atoms in total. The zero-order chi connectivity index (χ0) is 14.3. The Kier molecular flexibility index (Phi) is 6.81. The van der Waals surface area contributed by atoms with E-state index in [-0.39, 0.29) is 5.91 Å². The van der Waals surface area contributed by atoms with Gasteiger partial charge in [0.25, 0.3) is 5.91 Å². The molecular formula is C14H22ClN3O. The molecule has 0 aromatic carbocycles. The average molecular weight is 284 g/mol. The fourth-order valence-electron chi connectivity index (χ4n) is 1.77. The Morgan fingerprint density at radius 3 is 2.79 bits per heavy atom. The number of halogens is 1. The Morgan fingerprint density at radius 1 is 1.42 bits per heavy atom. The van der Waals surface area contributed by atoms with E-state index in [1.807, 2.05) is 20.2 Å². The first-order valence-corrected chi connectivity index (χ1v) is 7.00. The Labute approximate surface area is 120 Å². The van der Waals surface area contributed by atoms with E-state index < -0.39 is 0 Å². The van der Waals surface area contributed by atoms with Crippen molar-refractivity contribution in [1.29, 1.82) is 0 Å². The van der Waals surface area contributed by atoms with Crippen molar-refractivity contribution in [1.82, 2.24) is 15.2 Å². The molecule has 0 fully saturated rings. The minimum atomic E-state index is -0.0830. The summed E-state index contributed by atoms with van der Waals surface area (Å²) in [7, 11) is 4.03. The largest absolute Gasteiger partial charge is 0.352 e. The molecule has 1 aromatic rings. The van der Waals surface area contributed by atoms with Crippen LogP contribution < -0.4 is 5.32 Å². The summed E-state index contributed by atoms with van der Waals surface area (Å²) < 4.78 is 0. The van der Waals surface area contributed by atoms with Gasteiger partial charge in [0.15, 0.2) is 0 Å². The van der Waals surface area contributed by atoms with Crippen LogP contribution in [0.1, 0.15) is 35.8 Å². The molecule has 1 aromatic heterocycles. The number of hydrogen-bond donors (Lipinski definition) is 1. The molecule has 106 valence electrons. The van der Waals surface area contributed by atoms with Gasteiger partial charge in [-0.25, -0.2) is 4.98 Å². The fraction of sp³-hybridized carbons (Fsp3) is 0.571. The molecule has 0 atom stereocenters. The zero-order valence-electron chi connectivity index (χ0n) is 11.9. The molecule has 1 rings (SSSR count). The van der Waals surface area contributed by atoms with Crippen LogP contribution in [-0.4, -0.2) is 43.0 Å². The molecule has 19 heavy (non-hydrogen) atoms. The smallest absolute Gasteiger partial charge is 0.251 e. The highest BCUT2D eigenvalue weighted by molar-refractivity contribution is 6.29. The maximum absolute atomic E-state index is 12.0. The predicted molar refractivity (Wildman–Crippen MR) is 78.7 cm³/mol. The number of aromatic nitrogens is 1. The van der Waals surface area contributed by atoms with E-state index in [1.165, 1.54) is 0 Å². The highest BCUT2D eigenvalue weighted by Gasteiger charge is 2.08. The molecule has 5 heteroatoms. The van der Waals surface area contributed by atoms with Crippen molar-refractivity contribution >= 4 is 17.5 Å². The lowest BCUT2D eigenvalue weighted by atomic mass is 10.1. The summed E-state index contributed by atoms with van der Waals surface area (Å²) in [5, 5.41) is 3.28. The maximum Gasteiger partial charge on any atom is 0.251 e. The molecule has 1 amide bonds. The van der Waals surface area contributed by atoms with Gasteiger partial charge in [-0.05, 0) is 45.6 Å². The number of amides is 1. The summed E-state index contributed by atoms with van der Waals surface area (Å²) in [6, 6.07) is 3.43. The summed E-state index contributed by atoms with van der Waals surface area (Å²) in [5.41, 5.74) is 1.46. The van der Waals surface area contributed by atoms with E-state index in [9.17, 15) is 4.79 Å². The van der Waals surface area contributed by atoms with Crippen LogP contribution in [0, 0.1) is 0 Å². The van der Waals surface area contributed by atoms with Crippen molar-refractivity contribution in [2.45, 2.75) is 26.2 Å². The van der Waals surface area contributed by atoms with Gasteiger partial charge < -0.3 is 10.2 Å². The zero-order valence-corrected chi connectivity index (χ0v) is 12.6. The van der Waals surface area contributed by atoms with E-state index >= 15 is 0 Å². The molecule has 0 spiro atoms. The van der Waals surface area contributed by atoms with Crippen LogP contribution in [0.4, 0.5) is 0 Å². The number of carbonyl (C=O) groups excluding carboxylic acids is 1. The molecule has 0 radical (unpaired) electrons. The van der Waals surface area contributed by atoms with E-state index in [4.69, 9.17) is 11.6 Å². The highest BCUT2D eigenvalue weighted by atomic mass is 35.5. The average Bonchev–Trinajstić information content (AvgIpc) is 2.34. The van der Waals surface area contributed by atoms with Gasteiger partial charge in [-0.2, -0.15) is 0 Å². The van der Waals surface area contributed by atoms with E-state index in [2.05, 4.69) is 22.1 Å². The lowest BCUT2D eigenvalue weighted by Crippen LogP contribution is -2.27. The first-order valence-electron chi connectivity index (χ1n) is 6.62. The number of aryl methyl sites for hydroxylation is 1. The summed E-state index contributed by atoms with van der Waals surface area (Å²) in [4.78, 5) is 18.3. The normalized spacial score (nSPS) is 10.8. The molecule has 1 N–H and O–H groups in total. The van der Waals surface area contributed by atoms with Crippen molar-refractivity contribution < 1.29 is 4.79 Å². The molecule has 0 saturated heterocycles. The first kappa shape index (κ1) is 15.9. The number of nitrogens with zero attached hydrogens (tertiary/aromatic N) is 2. The summed E-state index contributed by atoms with van der Waals surface area (Å²) in [5.74, 6) is -0.0830. The third-order valence-electron chi connectivity index (χ3n) is 2.68. The Balaban J connectivity index is 2.56. The number of pyridine rings is 1. The molecule has 0 unspecified atom stereocenters.